The third-order valence-electron chi connectivity index (χ3n) is 6.65. The Kier molecular flexibility index (Phi) is 7.60. The van der Waals surface area contributed by atoms with Crippen molar-refractivity contribution in [2.24, 2.45) is 5.92 Å². The maximum Gasteiger partial charge on any atom is 0.227 e. The first kappa shape index (κ1) is 23.2. The number of amides is 2. The molecule has 1 N–H and O–H groups in total. The summed E-state index contributed by atoms with van der Waals surface area (Å²) < 4.78 is 18.9. The Morgan fingerprint density at radius 2 is 1.79 bits per heavy atom. The van der Waals surface area contributed by atoms with Gasteiger partial charge in [0.05, 0.1) is 19.1 Å². The van der Waals surface area contributed by atoms with Crippen LogP contribution in [0.2, 0.25) is 0 Å². The summed E-state index contributed by atoms with van der Waals surface area (Å²) in [5.41, 5.74) is 1.44. The second-order valence-corrected chi connectivity index (χ2v) is 8.80. The van der Waals surface area contributed by atoms with Crippen molar-refractivity contribution in [3.05, 3.63) is 59.9 Å². The topological polar surface area (TPSA) is 61.9 Å². The molecule has 0 spiro atoms. The molecule has 4 rings (SSSR count). The summed E-state index contributed by atoms with van der Waals surface area (Å²) in [4.78, 5) is 30.4. The van der Waals surface area contributed by atoms with Gasteiger partial charge in [0.1, 0.15) is 11.6 Å². The number of nitrogens with one attached hydrogen (secondary N) is 1. The van der Waals surface area contributed by atoms with Crippen molar-refractivity contribution in [3.8, 4) is 5.75 Å². The molecule has 2 aliphatic heterocycles. The SMILES string of the molecule is COc1ccc(N2C(=O)CCC(C(=O)NCCCN3CCCC3)C2c2ccc(F)cc2)cc1. The van der Waals surface area contributed by atoms with Crippen LogP contribution < -0.4 is 15.0 Å². The van der Waals surface area contributed by atoms with Crippen LogP contribution in [-0.4, -0.2) is 50.0 Å². The Balaban J connectivity index is 1.54. The molecule has 2 fully saturated rings. The maximum absolute atomic E-state index is 13.6. The van der Waals surface area contributed by atoms with Crippen molar-refractivity contribution < 1.29 is 18.7 Å². The van der Waals surface area contributed by atoms with Gasteiger partial charge in [-0.05, 0) is 87.3 Å². The summed E-state index contributed by atoms with van der Waals surface area (Å²) in [6, 6.07) is 12.8. The van der Waals surface area contributed by atoms with Crippen LogP contribution in [0.15, 0.2) is 48.5 Å². The summed E-state index contributed by atoms with van der Waals surface area (Å²) in [5, 5.41) is 3.09. The van der Waals surface area contributed by atoms with Crippen molar-refractivity contribution in [3.63, 3.8) is 0 Å². The first-order chi connectivity index (χ1) is 16.1. The van der Waals surface area contributed by atoms with Crippen molar-refractivity contribution in [2.45, 2.75) is 38.1 Å². The smallest absolute Gasteiger partial charge is 0.227 e. The van der Waals surface area contributed by atoms with E-state index >= 15 is 0 Å². The van der Waals surface area contributed by atoms with Crippen LogP contribution in [0.25, 0.3) is 0 Å². The molecule has 2 atom stereocenters. The number of carbonyl (C=O) groups excluding carboxylic acids is 2. The van der Waals surface area contributed by atoms with Gasteiger partial charge in [-0.25, -0.2) is 4.39 Å². The van der Waals surface area contributed by atoms with E-state index in [1.54, 1.807) is 36.3 Å². The van der Waals surface area contributed by atoms with E-state index in [2.05, 4.69) is 10.2 Å². The first-order valence-electron chi connectivity index (χ1n) is 11.8. The number of carbonyl (C=O) groups is 2. The summed E-state index contributed by atoms with van der Waals surface area (Å²) >= 11 is 0. The molecule has 2 aromatic carbocycles. The molecule has 2 aliphatic rings. The fourth-order valence-corrected chi connectivity index (χ4v) is 4.91. The average Bonchev–Trinajstić information content (AvgIpc) is 3.36. The van der Waals surface area contributed by atoms with E-state index < -0.39 is 12.0 Å². The number of ether oxygens (including phenoxy) is 1. The lowest BCUT2D eigenvalue weighted by Crippen LogP contribution is -2.48. The number of benzene rings is 2. The van der Waals surface area contributed by atoms with Crippen molar-refractivity contribution >= 4 is 17.5 Å². The number of hydrogen-bond acceptors (Lipinski definition) is 4. The van der Waals surface area contributed by atoms with Crippen molar-refractivity contribution in [2.75, 3.05) is 38.2 Å². The molecule has 6 nitrogen and oxygen atoms in total. The van der Waals surface area contributed by atoms with E-state index in [4.69, 9.17) is 4.74 Å². The van der Waals surface area contributed by atoms with Crippen molar-refractivity contribution in [1.29, 1.82) is 0 Å². The zero-order valence-corrected chi connectivity index (χ0v) is 19.1. The molecular weight excluding hydrogens is 421 g/mol. The number of nitrogens with zero attached hydrogens (tertiary/aromatic N) is 2. The number of likely N-dealkylation sites (tertiary alicyclic amines) is 1. The van der Waals surface area contributed by atoms with Crippen LogP contribution in [-0.2, 0) is 9.59 Å². The predicted octanol–water partition coefficient (Wildman–Crippen LogP) is 3.92. The Morgan fingerprint density at radius 3 is 2.45 bits per heavy atom. The summed E-state index contributed by atoms with van der Waals surface area (Å²) in [6.45, 7) is 3.88. The Bertz CT molecular complexity index is 942. The quantitative estimate of drug-likeness (QED) is 0.616. The number of hydrogen-bond donors (Lipinski definition) is 1. The molecule has 2 amide bonds. The molecule has 2 heterocycles. The van der Waals surface area contributed by atoms with E-state index in [0.717, 1.165) is 31.6 Å². The summed E-state index contributed by atoms with van der Waals surface area (Å²) in [7, 11) is 1.59. The zero-order valence-electron chi connectivity index (χ0n) is 19.1. The van der Waals surface area contributed by atoms with Crippen LogP contribution in [0, 0.1) is 11.7 Å². The highest BCUT2D eigenvalue weighted by molar-refractivity contribution is 5.97. The van der Waals surface area contributed by atoms with Gasteiger partial charge in [0.2, 0.25) is 11.8 Å². The van der Waals surface area contributed by atoms with E-state index in [0.29, 0.717) is 24.4 Å². The Morgan fingerprint density at radius 1 is 1.09 bits per heavy atom. The maximum atomic E-state index is 13.6. The van der Waals surface area contributed by atoms with E-state index in [9.17, 15) is 14.0 Å². The molecule has 33 heavy (non-hydrogen) atoms. The van der Waals surface area contributed by atoms with E-state index in [1.165, 1.54) is 25.0 Å². The van der Waals surface area contributed by atoms with Crippen LogP contribution in [0.5, 0.6) is 5.75 Å². The van der Waals surface area contributed by atoms with Crippen LogP contribution in [0.4, 0.5) is 10.1 Å². The molecule has 2 unspecified atom stereocenters. The van der Waals surface area contributed by atoms with Gasteiger partial charge in [-0.3, -0.25) is 9.59 Å². The van der Waals surface area contributed by atoms with E-state index in [-0.39, 0.29) is 24.1 Å². The van der Waals surface area contributed by atoms with Crippen LogP contribution in [0.1, 0.15) is 43.7 Å². The van der Waals surface area contributed by atoms with Gasteiger partial charge >= 0.3 is 0 Å². The standard InChI is InChI=1S/C26H32FN3O3/c1-33-22-11-9-21(10-12-22)30-24(31)14-13-23(25(30)19-5-7-20(27)8-6-19)26(32)28-15-4-18-29-16-2-3-17-29/h5-12,23,25H,2-4,13-18H2,1H3,(H,28,32). The van der Waals surface area contributed by atoms with E-state index in [1.807, 2.05) is 12.1 Å². The van der Waals surface area contributed by atoms with Gasteiger partial charge in [0, 0.05) is 18.7 Å². The van der Waals surface area contributed by atoms with Crippen LogP contribution >= 0.6 is 0 Å². The van der Waals surface area contributed by atoms with Gasteiger partial charge in [0.15, 0.2) is 0 Å². The monoisotopic (exact) mass is 453 g/mol. The predicted molar refractivity (Wildman–Crippen MR) is 126 cm³/mol. The molecule has 0 aromatic heterocycles. The molecule has 7 heteroatoms. The normalized spacial score (nSPS) is 21.3. The fraction of sp³-hybridized carbons (Fsp3) is 0.462. The minimum absolute atomic E-state index is 0.0485. The van der Waals surface area contributed by atoms with Gasteiger partial charge in [-0.15, -0.1) is 0 Å². The van der Waals surface area contributed by atoms with Crippen molar-refractivity contribution in [1.82, 2.24) is 10.2 Å². The first-order valence-corrected chi connectivity index (χ1v) is 11.8. The summed E-state index contributed by atoms with van der Waals surface area (Å²) in [6.07, 6.45) is 4.16. The van der Waals surface area contributed by atoms with Gasteiger partial charge in [-0.2, -0.15) is 0 Å². The van der Waals surface area contributed by atoms with Gasteiger partial charge < -0.3 is 19.9 Å². The molecule has 176 valence electrons. The molecular formula is C26H32FN3O3. The number of anilines is 1. The second-order valence-electron chi connectivity index (χ2n) is 8.80. The Hall–Kier alpha value is -2.93. The lowest BCUT2D eigenvalue weighted by atomic mass is 9.83. The largest absolute Gasteiger partial charge is 0.497 e. The lowest BCUT2D eigenvalue weighted by molar-refractivity contribution is -0.129. The Labute approximate surface area is 194 Å². The second kappa shape index (κ2) is 10.8. The molecule has 2 saturated heterocycles. The minimum atomic E-state index is -0.501. The molecule has 0 aliphatic carbocycles. The highest BCUT2D eigenvalue weighted by Gasteiger charge is 2.41. The fourth-order valence-electron chi connectivity index (χ4n) is 4.91. The number of piperidine rings is 1. The minimum Gasteiger partial charge on any atom is -0.497 e. The average molecular weight is 454 g/mol. The molecule has 0 saturated carbocycles. The third kappa shape index (κ3) is 5.53. The molecule has 0 radical (unpaired) electrons. The third-order valence-corrected chi connectivity index (χ3v) is 6.65. The number of halogens is 1. The number of rotatable bonds is 8. The van der Waals surface area contributed by atoms with Gasteiger partial charge in [0.25, 0.3) is 0 Å². The summed E-state index contributed by atoms with van der Waals surface area (Å²) in [5.74, 6) is -0.181. The molecule has 2 aromatic rings. The zero-order chi connectivity index (χ0) is 23.2. The number of methoxy groups -OCH3 is 1. The van der Waals surface area contributed by atoms with Gasteiger partial charge in [-0.1, -0.05) is 12.1 Å². The highest BCUT2D eigenvalue weighted by Crippen LogP contribution is 2.40. The van der Waals surface area contributed by atoms with Crippen LogP contribution in [0.3, 0.4) is 0 Å². The molecule has 0 bridgehead atoms. The highest BCUT2D eigenvalue weighted by atomic mass is 19.1. The lowest BCUT2D eigenvalue weighted by Gasteiger charge is -2.41.